The van der Waals surface area contributed by atoms with Crippen molar-refractivity contribution in [1.82, 2.24) is 0 Å². The van der Waals surface area contributed by atoms with Crippen molar-refractivity contribution in [2.45, 2.75) is 12.8 Å². The van der Waals surface area contributed by atoms with Crippen LogP contribution in [0.15, 0.2) is 27.1 Å². The highest BCUT2D eigenvalue weighted by atomic mass is 79.9. The summed E-state index contributed by atoms with van der Waals surface area (Å²) in [4.78, 5) is 0. The van der Waals surface area contributed by atoms with Crippen LogP contribution in [0.5, 0.6) is 5.75 Å². The molecule has 0 saturated heterocycles. The average molecular weight is 319 g/mol. The van der Waals surface area contributed by atoms with E-state index < -0.39 is 0 Å². The van der Waals surface area contributed by atoms with E-state index in [9.17, 15) is 0 Å². The predicted octanol–water partition coefficient (Wildman–Crippen LogP) is 3.89. The standard InChI is InChI=1S/C10H9Br2NO/c11-8-3-4-10(9(12)7-8)14-6-2-1-5-13/h3-4,7H,1-2,6H2. The summed E-state index contributed by atoms with van der Waals surface area (Å²) in [6, 6.07) is 7.82. The van der Waals surface area contributed by atoms with Crippen molar-refractivity contribution in [3.63, 3.8) is 0 Å². The lowest BCUT2D eigenvalue weighted by molar-refractivity contribution is 0.311. The van der Waals surface area contributed by atoms with Gasteiger partial charge in [-0.15, -0.1) is 0 Å². The fourth-order valence-corrected chi connectivity index (χ4v) is 2.09. The van der Waals surface area contributed by atoms with Crippen molar-refractivity contribution in [3.05, 3.63) is 27.1 Å². The molecule has 0 unspecified atom stereocenters. The van der Waals surface area contributed by atoms with Gasteiger partial charge in [0.05, 0.1) is 17.1 Å². The second kappa shape index (κ2) is 6.05. The van der Waals surface area contributed by atoms with Gasteiger partial charge >= 0.3 is 0 Å². The van der Waals surface area contributed by atoms with Gasteiger partial charge in [-0.25, -0.2) is 0 Å². The minimum atomic E-state index is 0.536. The van der Waals surface area contributed by atoms with E-state index in [1.807, 2.05) is 18.2 Å². The molecule has 0 aliphatic rings. The molecule has 74 valence electrons. The molecule has 4 heteroatoms. The Bertz CT molecular complexity index is 346. The fourth-order valence-electron chi connectivity index (χ4n) is 0.926. The lowest BCUT2D eigenvalue weighted by Crippen LogP contribution is -1.97. The van der Waals surface area contributed by atoms with Crippen molar-refractivity contribution in [3.8, 4) is 11.8 Å². The summed E-state index contributed by atoms with van der Waals surface area (Å²) in [7, 11) is 0. The Hall–Kier alpha value is -0.530. The highest BCUT2D eigenvalue weighted by Crippen LogP contribution is 2.28. The topological polar surface area (TPSA) is 33.0 Å². The average Bonchev–Trinajstić information content (AvgIpc) is 2.15. The first-order chi connectivity index (χ1) is 6.74. The maximum atomic E-state index is 8.33. The van der Waals surface area contributed by atoms with Gasteiger partial charge in [0.15, 0.2) is 0 Å². The molecule has 1 aromatic rings. The zero-order valence-electron chi connectivity index (χ0n) is 7.46. The molecule has 0 aromatic heterocycles. The van der Waals surface area contributed by atoms with Gasteiger partial charge in [-0.05, 0) is 40.5 Å². The first kappa shape index (κ1) is 11.5. The molecule has 0 spiro atoms. The van der Waals surface area contributed by atoms with Crippen molar-refractivity contribution in [2.24, 2.45) is 0 Å². The van der Waals surface area contributed by atoms with Crippen LogP contribution in [0.25, 0.3) is 0 Å². The van der Waals surface area contributed by atoms with Gasteiger partial charge < -0.3 is 4.74 Å². The summed E-state index contributed by atoms with van der Waals surface area (Å²) < 4.78 is 7.40. The first-order valence-corrected chi connectivity index (χ1v) is 5.77. The summed E-state index contributed by atoms with van der Waals surface area (Å²) in [5.74, 6) is 0.811. The van der Waals surface area contributed by atoms with E-state index in [-0.39, 0.29) is 0 Å². The van der Waals surface area contributed by atoms with Crippen LogP contribution in [0.4, 0.5) is 0 Å². The monoisotopic (exact) mass is 317 g/mol. The summed E-state index contributed by atoms with van der Waals surface area (Å²) in [5.41, 5.74) is 0. The third-order valence-corrected chi connectivity index (χ3v) is 2.70. The van der Waals surface area contributed by atoms with Gasteiger partial charge in [-0.2, -0.15) is 5.26 Å². The minimum absolute atomic E-state index is 0.536. The minimum Gasteiger partial charge on any atom is -0.492 e. The van der Waals surface area contributed by atoms with Crippen molar-refractivity contribution < 1.29 is 4.74 Å². The van der Waals surface area contributed by atoms with Crippen LogP contribution >= 0.6 is 31.9 Å². The third kappa shape index (κ3) is 3.69. The number of unbranched alkanes of at least 4 members (excludes halogenated alkanes) is 1. The molecule has 0 N–H and O–H groups in total. The normalized spacial score (nSPS) is 9.50. The summed E-state index contributed by atoms with van der Waals surface area (Å²) in [6.45, 7) is 0.577. The molecule has 1 aromatic carbocycles. The van der Waals surface area contributed by atoms with E-state index in [2.05, 4.69) is 37.9 Å². The Balaban J connectivity index is 2.47. The molecule has 0 amide bonds. The molecule has 14 heavy (non-hydrogen) atoms. The number of nitrogens with zero attached hydrogens (tertiary/aromatic N) is 1. The van der Waals surface area contributed by atoms with Gasteiger partial charge in [-0.3, -0.25) is 0 Å². The molecule has 0 atom stereocenters. The van der Waals surface area contributed by atoms with Crippen LogP contribution in [0.1, 0.15) is 12.8 Å². The van der Waals surface area contributed by atoms with E-state index in [0.717, 1.165) is 21.1 Å². The molecule has 0 fully saturated rings. The first-order valence-electron chi connectivity index (χ1n) is 4.19. The lowest BCUT2D eigenvalue weighted by atomic mass is 10.3. The molecule has 0 aliphatic heterocycles. The fraction of sp³-hybridized carbons (Fsp3) is 0.300. The van der Waals surface area contributed by atoms with Gasteiger partial charge in [0.2, 0.25) is 0 Å². The number of nitriles is 1. The summed E-state index contributed by atoms with van der Waals surface area (Å²) >= 11 is 6.76. The van der Waals surface area contributed by atoms with E-state index in [0.29, 0.717) is 13.0 Å². The molecule has 0 bridgehead atoms. The Kier molecular flexibility index (Phi) is 4.99. The smallest absolute Gasteiger partial charge is 0.133 e. The second-order valence-electron chi connectivity index (χ2n) is 2.68. The van der Waals surface area contributed by atoms with Crippen molar-refractivity contribution >= 4 is 31.9 Å². The molecule has 1 rings (SSSR count). The Morgan fingerprint density at radius 2 is 2.14 bits per heavy atom. The summed E-state index contributed by atoms with van der Waals surface area (Å²) in [6.07, 6.45) is 1.30. The van der Waals surface area contributed by atoms with Gasteiger partial charge in [-0.1, -0.05) is 15.9 Å². The highest BCUT2D eigenvalue weighted by Gasteiger charge is 2.00. The Morgan fingerprint density at radius 1 is 1.36 bits per heavy atom. The number of hydrogen-bond donors (Lipinski definition) is 0. The zero-order chi connectivity index (χ0) is 10.4. The maximum Gasteiger partial charge on any atom is 0.133 e. The van der Waals surface area contributed by atoms with Crippen LogP contribution < -0.4 is 4.74 Å². The molecule has 0 saturated carbocycles. The quantitative estimate of drug-likeness (QED) is 0.789. The second-order valence-corrected chi connectivity index (χ2v) is 4.45. The van der Waals surface area contributed by atoms with Crippen LogP contribution in [0.3, 0.4) is 0 Å². The molecule has 2 nitrogen and oxygen atoms in total. The predicted molar refractivity (Wildman–Crippen MR) is 62.2 cm³/mol. The maximum absolute atomic E-state index is 8.33. The number of ether oxygens (including phenoxy) is 1. The molecular weight excluding hydrogens is 310 g/mol. The van der Waals surface area contributed by atoms with Gasteiger partial charge in [0.25, 0.3) is 0 Å². The van der Waals surface area contributed by atoms with Gasteiger partial charge in [0.1, 0.15) is 5.75 Å². The van der Waals surface area contributed by atoms with Crippen LogP contribution in [-0.2, 0) is 0 Å². The number of hydrogen-bond acceptors (Lipinski definition) is 2. The van der Waals surface area contributed by atoms with Crippen molar-refractivity contribution in [1.29, 1.82) is 5.26 Å². The largest absolute Gasteiger partial charge is 0.492 e. The van der Waals surface area contributed by atoms with E-state index in [1.165, 1.54) is 0 Å². The highest BCUT2D eigenvalue weighted by molar-refractivity contribution is 9.11. The Labute approximate surface area is 100 Å². The number of rotatable bonds is 4. The lowest BCUT2D eigenvalue weighted by Gasteiger charge is -2.06. The van der Waals surface area contributed by atoms with Gasteiger partial charge in [0, 0.05) is 10.9 Å². The van der Waals surface area contributed by atoms with Crippen LogP contribution in [-0.4, -0.2) is 6.61 Å². The van der Waals surface area contributed by atoms with Crippen LogP contribution in [0, 0.1) is 11.3 Å². The van der Waals surface area contributed by atoms with Crippen LogP contribution in [0.2, 0.25) is 0 Å². The van der Waals surface area contributed by atoms with E-state index in [1.54, 1.807) is 0 Å². The molecular formula is C10H9Br2NO. The third-order valence-electron chi connectivity index (χ3n) is 1.58. The molecule has 0 heterocycles. The number of halogens is 2. The molecule has 0 radical (unpaired) electrons. The number of benzene rings is 1. The van der Waals surface area contributed by atoms with E-state index in [4.69, 9.17) is 10.00 Å². The summed E-state index contributed by atoms with van der Waals surface area (Å²) in [5, 5.41) is 8.33. The van der Waals surface area contributed by atoms with E-state index >= 15 is 0 Å². The molecule has 0 aliphatic carbocycles. The Morgan fingerprint density at radius 3 is 2.79 bits per heavy atom. The SMILES string of the molecule is N#CCCCOc1ccc(Br)cc1Br. The van der Waals surface area contributed by atoms with Crippen molar-refractivity contribution in [2.75, 3.05) is 6.61 Å². The zero-order valence-corrected chi connectivity index (χ0v) is 10.6.